The van der Waals surface area contributed by atoms with Crippen molar-refractivity contribution in [2.45, 2.75) is 45.2 Å². The van der Waals surface area contributed by atoms with Crippen molar-refractivity contribution in [3.8, 4) is 0 Å². The zero-order chi connectivity index (χ0) is 18.6. The van der Waals surface area contributed by atoms with Gasteiger partial charge < -0.3 is 8.85 Å². The van der Waals surface area contributed by atoms with Crippen molar-refractivity contribution < 1.29 is 35.2 Å². The highest BCUT2D eigenvalue weighted by Crippen LogP contribution is 2.36. The fourth-order valence-corrected chi connectivity index (χ4v) is 4.67. The van der Waals surface area contributed by atoms with Gasteiger partial charge in [-0.1, -0.05) is 0 Å². The summed E-state index contributed by atoms with van der Waals surface area (Å²) < 4.78 is 88.2. The Bertz CT molecular complexity index is 503. The molecule has 0 aliphatic carbocycles. The van der Waals surface area contributed by atoms with Gasteiger partial charge in [0.1, 0.15) is 0 Å². The van der Waals surface area contributed by atoms with Crippen LogP contribution < -0.4 is 0 Å². The molecule has 0 N–H and O–H groups in total. The quantitative estimate of drug-likeness (QED) is 0.469. The smallest absolute Gasteiger partial charge is 0.395 e. The first kappa shape index (κ1) is 21.0. The fourth-order valence-electron chi connectivity index (χ4n) is 2.33. The fraction of sp³-hybridized carbons (Fsp3) is 0.600. The Morgan fingerprint density at radius 2 is 1.25 bits per heavy atom. The lowest BCUT2D eigenvalue weighted by atomic mass is 10.0. The molecule has 138 valence electrons. The number of halogens is 6. The largest absolute Gasteiger partial charge is 0.416 e. The van der Waals surface area contributed by atoms with E-state index in [4.69, 9.17) is 8.85 Å². The minimum absolute atomic E-state index is 0.0235. The summed E-state index contributed by atoms with van der Waals surface area (Å²) in [5, 5.41) is 0. The van der Waals surface area contributed by atoms with Gasteiger partial charge in [0.2, 0.25) is 0 Å². The van der Waals surface area contributed by atoms with Crippen LogP contribution in [0.4, 0.5) is 26.3 Å². The summed E-state index contributed by atoms with van der Waals surface area (Å²) in [4.78, 5) is 0. The molecule has 1 aromatic carbocycles. The number of benzene rings is 1. The molecule has 0 aliphatic rings. The molecule has 0 aromatic heterocycles. The van der Waals surface area contributed by atoms with Crippen LogP contribution in [0.3, 0.4) is 0 Å². The Hall–Kier alpha value is -1.06. The third-order valence-corrected chi connectivity index (χ3v) is 6.37. The van der Waals surface area contributed by atoms with Gasteiger partial charge in [-0.05, 0) is 56.6 Å². The summed E-state index contributed by atoms with van der Waals surface area (Å²) in [7, 11) is -2.62. The average molecular weight is 374 g/mol. The molecule has 0 saturated heterocycles. The second-order valence-corrected chi connectivity index (χ2v) is 8.76. The molecule has 1 rings (SSSR count). The maximum atomic E-state index is 12.8. The minimum atomic E-state index is -4.84. The molecule has 0 saturated carbocycles. The van der Waals surface area contributed by atoms with Gasteiger partial charge in [0.05, 0.1) is 11.1 Å². The predicted molar refractivity (Wildman–Crippen MR) is 79.8 cm³/mol. The van der Waals surface area contributed by atoms with Crippen molar-refractivity contribution in [3.63, 3.8) is 0 Å². The monoisotopic (exact) mass is 374 g/mol. The van der Waals surface area contributed by atoms with Crippen molar-refractivity contribution in [1.29, 1.82) is 0 Å². The van der Waals surface area contributed by atoms with Crippen LogP contribution in [0.5, 0.6) is 0 Å². The van der Waals surface area contributed by atoms with Gasteiger partial charge in [-0.2, -0.15) is 26.3 Å². The molecule has 0 radical (unpaired) electrons. The molecule has 24 heavy (non-hydrogen) atoms. The van der Waals surface area contributed by atoms with Gasteiger partial charge in [0.15, 0.2) is 0 Å². The summed E-state index contributed by atoms with van der Waals surface area (Å²) in [6.07, 6.45) is -9.65. The molecular weight excluding hydrogens is 354 g/mol. The third-order valence-electron chi connectivity index (χ3n) is 3.41. The van der Waals surface area contributed by atoms with Crippen LogP contribution >= 0.6 is 0 Å². The van der Waals surface area contributed by atoms with Crippen LogP contribution in [0.15, 0.2) is 18.2 Å². The Labute approximate surface area is 138 Å². The summed E-state index contributed by atoms with van der Waals surface area (Å²) in [6, 6.07) is 1.91. The second-order valence-electron chi connectivity index (χ2n) is 5.41. The highest BCUT2D eigenvalue weighted by atomic mass is 28.4. The van der Waals surface area contributed by atoms with Crippen molar-refractivity contribution in [3.05, 3.63) is 34.9 Å². The van der Waals surface area contributed by atoms with E-state index >= 15 is 0 Å². The standard InChI is InChI=1S/C15H20F6O2Si/c1-4-22-24(3,23-5-2)7-6-11-8-12(14(16,17)18)10-13(9-11)15(19,20)21/h8-10H,4-7H2,1-3H3. The lowest BCUT2D eigenvalue weighted by molar-refractivity contribution is -0.143. The summed E-state index contributed by atoms with van der Waals surface area (Å²) >= 11 is 0. The van der Waals surface area contributed by atoms with Crippen LogP contribution in [0.2, 0.25) is 12.6 Å². The molecule has 0 atom stereocenters. The lowest BCUT2D eigenvalue weighted by Crippen LogP contribution is -2.39. The topological polar surface area (TPSA) is 18.5 Å². The average Bonchev–Trinajstić information content (AvgIpc) is 2.44. The van der Waals surface area contributed by atoms with E-state index in [9.17, 15) is 26.3 Å². The summed E-state index contributed by atoms with van der Waals surface area (Å²) in [6.45, 7) is 6.02. The third kappa shape index (κ3) is 6.10. The highest BCUT2D eigenvalue weighted by molar-refractivity contribution is 6.66. The van der Waals surface area contributed by atoms with Crippen molar-refractivity contribution in [2.75, 3.05) is 13.2 Å². The van der Waals surface area contributed by atoms with Crippen LogP contribution in [0.1, 0.15) is 30.5 Å². The number of aryl methyl sites for hydroxylation is 1. The molecule has 0 spiro atoms. The first-order valence-corrected chi connectivity index (χ1v) is 10.00. The van der Waals surface area contributed by atoms with E-state index in [0.717, 1.165) is 12.1 Å². The lowest BCUT2D eigenvalue weighted by Gasteiger charge is -2.26. The zero-order valence-corrected chi connectivity index (χ0v) is 14.6. The minimum Gasteiger partial charge on any atom is -0.395 e. The maximum Gasteiger partial charge on any atom is 0.416 e. The molecule has 0 fully saturated rings. The highest BCUT2D eigenvalue weighted by Gasteiger charge is 2.37. The second kappa shape index (κ2) is 7.88. The van der Waals surface area contributed by atoms with Crippen molar-refractivity contribution >= 4 is 8.56 Å². The van der Waals surface area contributed by atoms with E-state index in [1.165, 1.54) is 0 Å². The van der Waals surface area contributed by atoms with E-state index in [-0.39, 0.29) is 24.1 Å². The number of hydrogen-bond donors (Lipinski definition) is 0. The van der Waals surface area contributed by atoms with E-state index in [2.05, 4.69) is 0 Å². The van der Waals surface area contributed by atoms with Crippen LogP contribution in [-0.4, -0.2) is 21.8 Å². The van der Waals surface area contributed by atoms with E-state index in [1.54, 1.807) is 20.4 Å². The zero-order valence-electron chi connectivity index (χ0n) is 13.6. The number of hydrogen-bond acceptors (Lipinski definition) is 2. The van der Waals surface area contributed by atoms with E-state index in [1.807, 2.05) is 0 Å². The van der Waals surface area contributed by atoms with Crippen molar-refractivity contribution in [2.24, 2.45) is 0 Å². The summed E-state index contributed by atoms with van der Waals surface area (Å²) in [5.41, 5.74) is -2.64. The first-order valence-electron chi connectivity index (χ1n) is 7.47. The van der Waals surface area contributed by atoms with E-state index < -0.39 is 32.0 Å². The van der Waals surface area contributed by atoms with Gasteiger partial charge in [0.25, 0.3) is 0 Å². The molecule has 2 nitrogen and oxygen atoms in total. The molecule has 0 aliphatic heterocycles. The molecule has 0 bridgehead atoms. The molecule has 0 heterocycles. The van der Waals surface area contributed by atoms with Crippen LogP contribution in [-0.2, 0) is 27.6 Å². The summed E-state index contributed by atoms with van der Waals surface area (Å²) in [5.74, 6) is 0. The molecular formula is C15H20F6O2Si. The van der Waals surface area contributed by atoms with Gasteiger partial charge >= 0.3 is 20.9 Å². The molecule has 1 aromatic rings. The molecule has 0 amide bonds. The first-order chi connectivity index (χ1) is 10.9. The number of alkyl halides is 6. The maximum absolute atomic E-state index is 12.8. The van der Waals surface area contributed by atoms with Crippen LogP contribution in [0, 0.1) is 0 Å². The Kier molecular flexibility index (Phi) is 6.89. The SMILES string of the molecule is CCO[Si](C)(CCc1cc(C(F)(F)F)cc(C(F)(F)F)c1)OCC. The van der Waals surface area contributed by atoms with Gasteiger partial charge in [-0.25, -0.2) is 0 Å². The Morgan fingerprint density at radius 1 is 0.833 bits per heavy atom. The molecule has 0 unspecified atom stereocenters. The Balaban J connectivity index is 3.10. The van der Waals surface area contributed by atoms with Gasteiger partial charge in [-0.3, -0.25) is 0 Å². The van der Waals surface area contributed by atoms with Crippen LogP contribution in [0.25, 0.3) is 0 Å². The predicted octanol–water partition coefficient (Wildman–Crippen LogP) is 5.41. The van der Waals surface area contributed by atoms with Gasteiger partial charge in [0, 0.05) is 13.2 Å². The van der Waals surface area contributed by atoms with E-state index in [0.29, 0.717) is 13.2 Å². The van der Waals surface area contributed by atoms with Gasteiger partial charge in [-0.15, -0.1) is 0 Å². The normalized spacial score (nSPS) is 13.4. The Morgan fingerprint density at radius 3 is 1.58 bits per heavy atom. The van der Waals surface area contributed by atoms with Crippen molar-refractivity contribution in [1.82, 2.24) is 0 Å². The number of rotatable bonds is 7. The molecule has 9 heteroatoms.